The summed E-state index contributed by atoms with van der Waals surface area (Å²) in [7, 11) is 1.36. The molecule has 108 valence electrons. The predicted octanol–water partition coefficient (Wildman–Crippen LogP) is 2.44. The summed E-state index contributed by atoms with van der Waals surface area (Å²) in [5.74, 6) is -0.414. The number of dihydropyridines is 1. The lowest BCUT2D eigenvalue weighted by Crippen LogP contribution is -2.32. The van der Waals surface area contributed by atoms with Gasteiger partial charge in [0.05, 0.1) is 7.11 Å². The molecule has 0 aromatic heterocycles. The van der Waals surface area contributed by atoms with Crippen molar-refractivity contribution in [1.29, 1.82) is 0 Å². The van der Waals surface area contributed by atoms with Crippen LogP contribution in [0.3, 0.4) is 0 Å². The van der Waals surface area contributed by atoms with E-state index in [9.17, 15) is 9.59 Å². The second kappa shape index (κ2) is 5.56. The molecule has 1 N–H and O–H groups in total. The Morgan fingerprint density at radius 1 is 1.24 bits per heavy atom. The number of hydrogen-bond donors (Lipinski definition) is 1. The van der Waals surface area contributed by atoms with Gasteiger partial charge in [-0.05, 0) is 24.5 Å². The van der Waals surface area contributed by atoms with Gasteiger partial charge < -0.3 is 10.1 Å². The van der Waals surface area contributed by atoms with Gasteiger partial charge in [0.15, 0.2) is 5.78 Å². The van der Waals surface area contributed by atoms with Gasteiger partial charge in [0.1, 0.15) is 5.70 Å². The van der Waals surface area contributed by atoms with Crippen LogP contribution in [0.25, 0.3) is 0 Å². The molecule has 2 aliphatic rings. The van der Waals surface area contributed by atoms with E-state index in [0.29, 0.717) is 12.1 Å². The van der Waals surface area contributed by atoms with Crippen LogP contribution in [0.2, 0.25) is 0 Å². The second-order valence-electron chi connectivity index (χ2n) is 5.25. The molecule has 0 unspecified atom stereocenters. The molecule has 0 bridgehead atoms. The van der Waals surface area contributed by atoms with Crippen LogP contribution in [0.4, 0.5) is 0 Å². The number of esters is 1. The van der Waals surface area contributed by atoms with E-state index in [1.165, 1.54) is 7.11 Å². The summed E-state index contributed by atoms with van der Waals surface area (Å²) in [6.07, 6.45) is 3.98. The molecule has 0 radical (unpaired) electrons. The molecule has 4 heteroatoms. The summed E-state index contributed by atoms with van der Waals surface area (Å²) >= 11 is 0. The molecule has 21 heavy (non-hydrogen) atoms. The summed E-state index contributed by atoms with van der Waals surface area (Å²) in [6.45, 7) is 0. The second-order valence-corrected chi connectivity index (χ2v) is 5.25. The Morgan fingerprint density at radius 3 is 2.71 bits per heavy atom. The molecule has 0 spiro atoms. The predicted molar refractivity (Wildman–Crippen MR) is 78.3 cm³/mol. The number of ether oxygens (including phenoxy) is 1. The number of Topliss-reactive ketones (excluding diaryl/α,β-unsaturated/α-hetero) is 1. The van der Waals surface area contributed by atoms with Gasteiger partial charge in [-0.1, -0.05) is 30.3 Å². The van der Waals surface area contributed by atoms with Gasteiger partial charge in [-0.25, -0.2) is 4.79 Å². The lowest BCUT2D eigenvalue weighted by molar-refractivity contribution is -0.136. The zero-order chi connectivity index (χ0) is 14.8. The summed E-state index contributed by atoms with van der Waals surface area (Å²) < 4.78 is 4.80. The van der Waals surface area contributed by atoms with Crippen LogP contribution < -0.4 is 5.32 Å². The quantitative estimate of drug-likeness (QED) is 0.847. The van der Waals surface area contributed by atoms with Crippen molar-refractivity contribution in [3.05, 3.63) is 58.9 Å². The molecule has 1 aromatic rings. The first-order chi connectivity index (χ1) is 10.2. The summed E-state index contributed by atoms with van der Waals surface area (Å²) in [5.41, 5.74) is 3.09. The van der Waals surface area contributed by atoms with Crippen LogP contribution >= 0.6 is 0 Å². The Hall–Kier alpha value is -2.36. The van der Waals surface area contributed by atoms with Gasteiger partial charge in [0.25, 0.3) is 0 Å². The average molecular weight is 283 g/mol. The Kier molecular flexibility index (Phi) is 3.60. The van der Waals surface area contributed by atoms with Crippen LogP contribution in [0.1, 0.15) is 30.7 Å². The number of methoxy groups -OCH3 is 1. The number of hydrogen-bond acceptors (Lipinski definition) is 4. The fraction of sp³-hybridized carbons (Fsp3) is 0.294. The van der Waals surface area contributed by atoms with E-state index in [1.807, 2.05) is 30.3 Å². The molecule has 1 aromatic carbocycles. The third-order valence-corrected chi connectivity index (χ3v) is 3.95. The van der Waals surface area contributed by atoms with Crippen molar-refractivity contribution in [3.8, 4) is 0 Å². The zero-order valence-corrected chi connectivity index (χ0v) is 11.9. The van der Waals surface area contributed by atoms with Crippen molar-refractivity contribution in [2.24, 2.45) is 0 Å². The Balaban J connectivity index is 2.08. The lowest BCUT2D eigenvalue weighted by Gasteiger charge is -2.30. The van der Waals surface area contributed by atoms with Gasteiger partial charge in [-0.3, -0.25) is 4.79 Å². The van der Waals surface area contributed by atoms with Gasteiger partial charge >= 0.3 is 5.97 Å². The highest BCUT2D eigenvalue weighted by atomic mass is 16.5. The first kappa shape index (κ1) is 13.6. The van der Waals surface area contributed by atoms with Crippen LogP contribution in [0, 0.1) is 0 Å². The van der Waals surface area contributed by atoms with E-state index in [-0.39, 0.29) is 11.7 Å². The SMILES string of the molecule is COC(=O)C1=C[C@H](c2ccccc2)C2=C(CCCC2=O)N1. The van der Waals surface area contributed by atoms with E-state index in [4.69, 9.17) is 4.74 Å². The van der Waals surface area contributed by atoms with E-state index < -0.39 is 5.97 Å². The molecule has 0 saturated heterocycles. The van der Waals surface area contributed by atoms with Crippen molar-refractivity contribution >= 4 is 11.8 Å². The molecule has 1 heterocycles. The minimum absolute atomic E-state index is 0.165. The monoisotopic (exact) mass is 283 g/mol. The van der Waals surface area contributed by atoms with Crippen molar-refractivity contribution in [2.75, 3.05) is 7.11 Å². The zero-order valence-electron chi connectivity index (χ0n) is 11.9. The van der Waals surface area contributed by atoms with Crippen LogP contribution in [0.5, 0.6) is 0 Å². The number of rotatable bonds is 2. The maximum Gasteiger partial charge on any atom is 0.354 e. The molecular formula is C17H17NO3. The first-order valence-corrected chi connectivity index (χ1v) is 7.09. The minimum atomic E-state index is -0.402. The third-order valence-electron chi connectivity index (χ3n) is 3.95. The number of ketones is 1. The fourth-order valence-corrected chi connectivity index (χ4v) is 2.96. The fourth-order valence-electron chi connectivity index (χ4n) is 2.96. The largest absolute Gasteiger partial charge is 0.464 e. The number of nitrogens with one attached hydrogen (secondary N) is 1. The minimum Gasteiger partial charge on any atom is -0.464 e. The van der Waals surface area contributed by atoms with Crippen LogP contribution in [0.15, 0.2) is 53.4 Å². The van der Waals surface area contributed by atoms with Crippen molar-refractivity contribution in [1.82, 2.24) is 5.32 Å². The Morgan fingerprint density at radius 2 is 2.00 bits per heavy atom. The molecule has 1 aliphatic carbocycles. The molecule has 1 atom stereocenters. The highest BCUT2D eigenvalue weighted by molar-refractivity contribution is 6.00. The maximum absolute atomic E-state index is 12.3. The van der Waals surface area contributed by atoms with Crippen molar-refractivity contribution in [3.63, 3.8) is 0 Å². The van der Waals surface area contributed by atoms with Crippen molar-refractivity contribution in [2.45, 2.75) is 25.2 Å². The number of carbonyl (C=O) groups is 2. The molecule has 0 saturated carbocycles. The maximum atomic E-state index is 12.3. The van der Waals surface area contributed by atoms with E-state index in [2.05, 4.69) is 5.32 Å². The smallest absolute Gasteiger partial charge is 0.354 e. The summed E-state index contributed by atoms with van der Waals surface area (Å²) in [5, 5.41) is 3.08. The number of carbonyl (C=O) groups excluding carboxylic acids is 2. The lowest BCUT2D eigenvalue weighted by atomic mass is 9.79. The Labute approximate surface area is 123 Å². The van der Waals surface area contributed by atoms with E-state index in [1.54, 1.807) is 6.08 Å². The van der Waals surface area contributed by atoms with Gasteiger partial charge in [-0.15, -0.1) is 0 Å². The van der Waals surface area contributed by atoms with Gasteiger partial charge in [0, 0.05) is 23.6 Å². The van der Waals surface area contributed by atoms with Gasteiger partial charge in [0.2, 0.25) is 0 Å². The average Bonchev–Trinajstić information content (AvgIpc) is 2.54. The van der Waals surface area contributed by atoms with E-state index in [0.717, 1.165) is 29.7 Å². The Bertz CT molecular complexity index is 643. The molecule has 1 aliphatic heterocycles. The van der Waals surface area contributed by atoms with Crippen LogP contribution in [-0.4, -0.2) is 18.9 Å². The number of benzene rings is 1. The van der Waals surface area contributed by atoms with Gasteiger partial charge in [-0.2, -0.15) is 0 Å². The molecule has 4 nitrogen and oxygen atoms in total. The molecule has 0 fully saturated rings. The van der Waals surface area contributed by atoms with Crippen molar-refractivity contribution < 1.29 is 14.3 Å². The van der Waals surface area contributed by atoms with Crippen LogP contribution in [-0.2, 0) is 14.3 Å². The first-order valence-electron chi connectivity index (χ1n) is 7.09. The topological polar surface area (TPSA) is 55.4 Å². The molecular weight excluding hydrogens is 266 g/mol. The third kappa shape index (κ3) is 2.49. The summed E-state index contributed by atoms with van der Waals surface area (Å²) in [6, 6.07) is 9.78. The summed E-state index contributed by atoms with van der Waals surface area (Å²) in [4.78, 5) is 24.2. The standard InChI is InChI=1S/C17H17NO3/c1-21-17(20)14-10-12(11-6-3-2-4-7-11)16-13(18-14)8-5-9-15(16)19/h2-4,6-7,10,12,18H,5,8-9H2,1H3/t12-/m1/s1. The molecule has 3 rings (SSSR count). The normalized spacial score (nSPS) is 21.3. The van der Waals surface area contributed by atoms with E-state index >= 15 is 0 Å². The highest BCUT2D eigenvalue weighted by Gasteiger charge is 2.33. The number of allylic oxidation sites excluding steroid dienone is 3. The molecule has 0 amide bonds. The highest BCUT2D eigenvalue weighted by Crippen LogP contribution is 2.37.